The molecule has 1 unspecified atom stereocenters. The van der Waals surface area contributed by atoms with Crippen molar-refractivity contribution in [2.24, 2.45) is 10.9 Å². The van der Waals surface area contributed by atoms with Crippen molar-refractivity contribution in [2.75, 3.05) is 20.2 Å². The molecule has 1 aliphatic rings. The Balaban J connectivity index is 2.18. The van der Waals surface area contributed by atoms with Crippen molar-refractivity contribution in [2.45, 2.75) is 39.2 Å². The van der Waals surface area contributed by atoms with E-state index in [4.69, 9.17) is 15.7 Å². The number of nitrogens with zero attached hydrogens (tertiary/aromatic N) is 3. The normalized spacial score (nSPS) is 20.5. The highest BCUT2D eigenvalue weighted by Crippen LogP contribution is 2.22. The van der Waals surface area contributed by atoms with E-state index in [1.807, 2.05) is 19.9 Å². The molecule has 3 N–H and O–H groups in total. The molecule has 2 rings (SSSR count). The standard InChI is InChI=1S/C15H24N4O2/c1-10-8-11(2)17-15(13(10)14(16)18-20)21-9-12-6-4-5-7-19(12)3/h8,12,20H,4-7,9H2,1-3H3,(H2,16,18). The smallest absolute Gasteiger partial charge is 0.225 e. The van der Waals surface area contributed by atoms with Crippen LogP contribution in [0.1, 0.15) is 36.1 Å². The van der Waals surface area contributed by atoms with Crippen LogP contribution in [0.3, 0.4) is 0 Å². The van der Waals surface area contributed by atoms with Crippen LogP contribution in [0.4, 0.5) is 0 Å². The Kier molecular flexibility index (Phi) is 5.01. The van der Waals surface area contributed by atoms with E-state index in [1.54, 1.807) is 0 Å². The largest absolute Gasteiger partial charge is 0.475 e. The second-order valence-corrected chi connectivity index (χ2v) is 5.69. The first-order chi connectivity index (χ1) is 10.0. The first-order valence-corrected chi connectivity index (χ1v) is 7.32. The molecular formula is C15H24N4O2. The van der Waals surface area contributed by atoms with Gasteiger partial charge in [-0.2, -0.15) is 0 Å². The zero-order valence-corrected chi connectivity index (χ0v) is 13.0. The van der Waals surface area contributed by atoms with Crippen LogP contribution in [0.15, 0.2) is 11.2 Å². The van der Waals surface area contributed by atoms with Gasteiger partial charge in [0.2, 0.25) is 5.88 Å². The number of piperidine rings is 1. The summed E-state index contributed by atoms with van der Waals surface area (Å²) in [5, 5.41) is 12.0. The maximum Gasteiger partial charge on any atom is 0.225 e. The van der Waals surface area contributed by atoms with E-state index in [0.29, 0.717) is 24.1 Å². The summed E-state index contributed by atoms with van der Waals surface area (Å²) in [6, 6.07) is 2.29. The van der Waals surface area contributed by atoms with Gasteiger partial charge in [-0.1, -0.05) is 11.6 Å². The molecule has 0 saturated carbocycles. The molecule has 0 aliphatic carbocycles. The third kappa shape index (κ3) is 3.64. The van der Waals surface area contributed by atoms with Gasteiger partial charge in [-0.15, -0.1) is 0 Å². The minimum Gasteiger partial charge on any atom is -0.475 e. The van der Waals surface area contributed by atoms with Gasteiger partial charge in [-0.3, -0.25) is 0 Å². The Morgan fingerprint density at radius 1 is 1.52 bits per heavy atom. The van der Waals surface area contributed by atoms with Crippen molar-refractivity contribution in [3.05, 3.63) is 22.9 Å². The van der Waals surface area contributed by atoms with Crippen LogP contribution in [0.25, 0.3) is 0 Å². The predicted molar refractivity (Wildman–Crippen MR) is 82.0 cm³/mol. The number of nitrogens with two attached hydrogens (primary N) is 1. The van der Waals surface area contributed by atoms with Crippen LogP contribution in [0, 0.1) is 13.8 Å². The molecule has 1 aliphatic heterocycles. The van der Waals surface area contributed by atoms with E-state index in [0.717, 1.165) is 24.2 Å². The zero-order valence-electron chi connectivity index (χ0n) is 13.0. The number of aryl methyl sites for hydroxylation is 2. The molecule has 1 aromatic heterocycles. The highest BCUT2D eigenvalue weighted by Gasteiger charge is 2.21. The van der Waals surface area contributed by atoms with Gasteiger partial charge >= 0.3 is 0 Å². The number of likely N-dealkylation sites (N-methyl/N-ethyl adjacent to an activating group) is 1. The average Bonchev–Trinajstić information content (AvgIpc) is 2.45. The van der Waals surface area contributed by atoms with Crippen molar-refractivity contribution in [3.63, 3.8) is 0 Å². The molecule has 1 aromatic rings. The highest BCUT2D eigenvalue weighted by molar-refractivity contribution is 6.00. The Hall–Kier alpha value is -1.82. The summed E-state index contributed by atoms with van der Waals surface area (Å²) in [6.45, 7) is 5.48. The predicted octanol–water partition coefficient (Wildman–Crippen LogP) is 1.66. The van der Waals surface area contributed by atoms with Gasteiger partial charge in [0.15, 0.2) is 5.84 Å². The minimum absolute atomic E-state index is 0.0343. The fourth-order valence-corrected chi connectivity index (χ4v) is 2.80. The molecule has 1 saturated heterocycles. The van der Waals surface area contributed by atoms with E-state index in [2.05, 4.69) is 22.1 Å². The second kappa shape index (κ2) is 6.76. The molecule has 0 bridgehead atoms. The number of hydrogen-bond donors (Lipinski definition) is 2. The van der Waals surface area contributed by atoms with Gasteiger partial charge in [0, 0.05) is 11.7 Å². The molecule has 0 spiro atoms. The summed E-state index contributed by atoms with van der Waals surface area (Å²) in [5.74, 6) is 0.480. The topological polar surface area (TPSA) is 84.0 Å². The number of hydrogen-bond acceptors (Lipinski definition) is 5. The molecule has 6 nitrogen and oxygen atoms in total. The molecule has 116 valence electrons. The first-order valence-electron chi connectivity index (χ1n) is 7.32. The fourth-order valence-electron chi connectivity index (χ4n) is 2.80. The van der Waals surface area contributed by atoms with Crippen molar-refractivity contribution in [1.29, 1.82) is 0 Å². The van der Waals surface area contributed by atoms with Crippen LogP contribution in [-0.2, 0) is 0 Å². The number of rotatable bonds is 4. The van der Waals surface area contributed by atoms with Crippen molar-refractivity contribution < 1.29 is 9.94 Å². The summed E-state index contributed by atoms with van der Waals surface area (Å²) >= 11 is 0. The highest BCUT2D eigenvalue weighted by atomic mass is 16.5. The van der Waals surface area contributed by atoms with Gasteiger partial charge in [0.1, 0.15) is 6.61 Å². The number of ether oxygens (including phenoxy) is 1. The van der Waals surface area contributed by atoms with Gasteiger partial charge in [-0.25, -0.2) is 4.98 Å². The molecule has 6 heteroatoms. The number of oxime groups is 1. The lowest BCUT2D eigenvalue weighted by Gasteiger charge is -2.32. The van der Waals surface area contributed by atoms with Crippen LogP contribution < -0.4 is 10.5 Å². The number of amidine groups is 1. The van der Waals surface area contributed by atoms with Gasteiger partial charge in [-0.05, 0) is 51.9 Å². The maximum absolute atomic E-state index is 8.94. The Morgan fingerprint density at radius 3 is 2.95 bits per heavy atom. The lowest BCUT2D eigenvalue weighted by Crippen LogP contribution is -2.40. The second-order valence-electron chi connectivity index (χ2n) is 5.69. The lowest BCUT2D eigenvalue weighted by atomic mass is 10.0. The number of likely N-dealkylation sites (tertiary alicyclic amines) is 1. The van der Waals surface area contributed by atoms with E-state index in [-0.39, 0.29) is 5.84 Å². The van der Waals surface area contributed by atoms with E-state index in [9.17, 15) is 0 Å². The fraction of sp³-hybridized carbons (Fsp3) is 0.600. The Morgan fingerprint density at radius 2 is 2.29 bits per heavy atom. The van der Waals surface area contributed by atoms with Crippen molar-refractivity contribution in [3.8, 4) is 5.88 Å². The molecule has 1 fully saturated rings. The van der Waals surface area contributed by atoms with Crippen molar-refractivity contribution >= 4 is 5.84 Å². The summed E-state index contributed by atoms with van der Waals surface area (Å²) in [6.07, 6.45) is 3.59. The third-order valence-corrected chi connectivity index (χ3v) is 4.01. The number of aromatic nitrogens is 1. The third-order valence-electron chi connectivity index (χ3n) is 4.01. The maximum atomic E-state index is 8.94. The Labute approximate surface area is 125 Å². The van der Waals surface area contributed by atoms with E-state index < -0.39 is 0 Å². The quantitative estimate of drug-likeness (QED) is 0.381. The molecule has 0 aromatic carbocycles. The monoisotopic (exact) mass is 292 g/mol. The van der Waals surface area contributed by atoms with Crippen LogP contribution in [0.5, 0.6) is 5.88 Å². The lowest BCUT2D eigenvalue weighted by molar-refractivity contribution is 0.122. The molecule has 0 amide bonds. The van der Waals surface area contributed by atoms with Crippen LogP contribution in [-0.4, -0.2) is 47.2 Å². The van der Waals surface area contributed by atoms with Crippen molar-refractivity contribution in [1.82, 2.24) is 9.88 Å². The molecule has 21 heavy (non-hydrogen) atoms. The van der Waals surface area contributed by atoms with Gasteiger partial charge in [0.05, 0.1) is 5.56 Å². The summed E-state index contributed by atoms with van der Waals surface area (Å²) in [4.78, 5) is 6.71. The Bertz CT molecular complexity index is 531. The zero-order chi connectivity index (χ0) is 15.4. The summed E-state index contributed by atoms with van der Waals surface area (Å²) in [5.41, 5.74) is 8.07. The SMILES string of the molecule is Cc1cc(C)c(C(N)=NO)c(OCC2CCCCN2C)n1. The van der Waals surface area contributed by atoms with Gasteiger partial charge in [0.25, 0.3) is 0 Å². The minimum atomic E-state index is 0.0343. The van der Waals surface area contributed by atoms with Crippen LogP contribution in [0.2, 0.25) is 0 Å². The first kappa shape index (κ1) is 15.6. The summed E-state index contributed by atoms with van der Waals surface area (Å²) in [7, 11) is 2.12. The van der Waals surface area contributed by atoms with Crippen LogP contribution >= 0.6 is 0 Å². The van der Waals surface area contributed by atoms with Gasteiger partial charge < -0.3 is 20.6 Å². The molecule has 2 heterocycles. The number of pyridine rings is 1. The molecule has 0 radical (unpaired) electrons. The molecule has 1 atom stereocenters. The van der Waals surface area contributed by atoms with E-state index in [1.165, 1.54) is 12.8 Å². The average molecular weight is 292 g/mol. The van der Waals surface area contributed by atoms with E-state index >= 15 is 0 Å². The summed E-state index contributed by atoms with van der Waals surface area (Å²) < 4.78 is 5.91. The molecular weight excluding hydrogens is 268 g/mol.